The molecule has 4 aromatic rings. The highest BCUT2D eigenvalue weighted by Crippen LogP contribution is 2.26. The number of sulfonamides is 1. The Morgan fingerprint density at radius 2 is 1.73 bits per heavy atom. The first-order chi connectivity index (χ1) is 14.2. The fourth-order valence-electron chi connectivity index (χ4n) is 2.91. The lowest BCUT2D eigenvalue weighted by molar-refractivity contribution is 0.601. The first-order valence-corrected chi connectivity index (χ1v) is 11.6. The van der Waals surface area contributed by atoms with E-state index < -0.39 is 15.8 Å². The van der Waals surface area contributed by atoms with Crippen LogP contribution < -0.4 is 9.60 Å². The van der Waals surface area contributed by atoms with Crippen LogP contribution in [-0.2, 0) is 16.6 Å². The lowest BCUT2D eigenvalue weighted by atomic mass is 10.2. The minimum absolute atomic E-state index is 0.0182. The molecule has 0 aliphatic carbocycles. The van der Waals surface area contributed by atoms with Gasteiger partial charge in [0.05, 0.1) is 32.4 Å². The van der Waals surface area contributed by atoms with Crippen molar-refractivity contribution in [1.82, 2.24) is 4.57 Å². The van der Waals surface area contributed by atoms with Crippen LogP contribution in [0.5, 0.6) is 0 Å². The van der Waals surface area contributed by atoms with E-state index in [1.54, 1.807) is 22.8 Å². The van der Waals surface area contributed by atoms with Crippen molar-refractivity contribution in [2.24, 2.45) is 0 Å². The summed E-state index contributed by atoms with van der Waals surface area (Å²) in [7, 11) is -3.95. The summed E-state index contributed by atoms with van der Waals surface area (Å²) in [5, 5.41) is 0.411. The molecule has 0 spiro atoms. The average Bonchev–Trinajstić information content (AvgIpc) is 3.01. The zero-order valence-electron chi connectivity index (χ0n) is 15.1. The number of hydrogen-bond donors (Lipinski definition) is 1. The van der Waals surface area contributed by atoms with E-state index >= 15 is 0 Å². The van der Waals surface area contributed by atoms with Crippen molar-refractivity contribution in [1.29, 1.82) is 0 Å². The van der Waals surface area contributed by atoms with Crippen molar-refractivity contribution < 1.29 is 12.8 Å². The van der Waals surface area contributed by atoms with Gasteiger partial charge in [-0.3, -0.25) is 14.1 Å². The number of halogens is 3. The van der Waals surface area contributed by atoms with E-state index in [1.165, 1.54) is 24.3 Å². The van der Waals surface area contributed by atoms with Crippen molar-refractivity contribution in [3.8, 4) is 0 Å². The molecule has 0 bridgehead atoms. The average molecular weight is 483 g/mol. The molecule has 1 N–H and O–H groups in total. The second-order valence-electron chi connectivity index (χ2n) is 6.44. The smallest absolute Gasteiger partial charge is 0.294 e. The molecule has 0 fully saturated rings. The molecule has 1 heterocycles. The van der Waals surface area contributed by atoms with Gasteiger partial charge in [-0.15, -0.1) is 0 Å². The summed E-state index contributed by atoms with van der Waals surface area (Å²) in [6, 6.07) is 15.1. The number of aromatic nitrogens is 1. The summed E-state index contributed by atoms with van der Waals surface area (Å²) in [5.41, 5.74) is 1.66. The Labute approximate surface area is 185 Å². The lowest BCUT2D eigenvalue weighted by Crippen LogP contribution is -2.14. The zero-order valence-corrected chi connectivity index (χ0v) is 18.2. The van der Waals surface area contributed by atoms with Crippen molar-refractivity contribution in [2.75, 3.05) is 4.72 Å². The molecule has 0 aliphatic heterocycles. The number of anilines is 1. The van der Waals surface area contributed by atoms with Crippen LogP contribution in [0.25, 0.3) is 10.2 Å². The molecule has 0 aliphatic rings. The van der Waals surface area contributed by atoms with Crippen LogP contribution in [0.1, 0.15) is 5.56 Å². The molecule has 30 heavy (non-hydrogen) atoms. The highest BCUT2D eigenvalue weighted by molar-refractivity contribution is 7.92. The molecule has 1 aromatic heterocycles. The maximum atomic E-state index is 13.3. The Bertz CT molecular complexity index is 1410. The molecule has 4 rings (SSSR count). The normalized spacial score (nSPS) is 11.7. The van der Waals surface area contributed by atoms with Gasteiger partial charge in [0.2, 0.25) is 0 Å². The van der Waals surface area contributed by atoms with Gasteiger partial charge in [0.15, 0.2) is 0 Å². The van der Waals surface area contributed by atoms with Gasteiger partial charge in [-0.25, -0.2) is 12.8 Å². The van der Waals surface area contributed by atoms with Crippen molar-refractivity contribution in [3.05, 3.63) is 91.8 Å². The third-order valence-electron chi connectivity index (χ3n) is 4.38. The number of nitrogens with zero attached hydrogens (tertiary/aromatic N) is 1. The van der Waals surface area contributed by atoms with Crippen molar-refractivity contribution >= 4 is 60.5 Å². The molecule has 0 atom stereocenters. The quantitative estimate of drug-likeness (QED) is 0.416. The molecule has 10 heteroatoms. The minimum Gasteiger partial charge on any atom is -0.294 e. The van der Waals surface area contributed by atoms with Crippen LogP contribution in [0, 0.1) is 5.82 Å². The SMILES string of the molecule is O=c1sc2cc(S(=O)(=O)Nc3ccc(F)c(Cl)c3)ccc2n1Cc1ccc(Cl)cc1. The number of nitrogens with one attached hydrogen (secondary N) is 1. The topological polar surface area (TPSA) is 68.2 Å². The highest BCUT2D eigenvalue weighted by Gasteiger charge is 2.18. The Morgan fingerprint density at radius 3 is 2.43 bits per heavy atom. The van der Waals surface area contributed by atoms with Crippen LogP contribution in [0.3, 0.4) is 0 Å². The molecule has 0 amide bonds. The van der Waals surface area contributed by atoms with Crippen LogP contribution >= 0.6 is 34.5 Å². The van der Waals surface area contributed by atoms with E-state index in [2.05, 4.69) is 4.72 Å². The van der Waals surface area contributed by atoms with Gasteiger partial charge in [0.1, 0.15) is 5.82 Å². The third-order valence-corrected chi connectivity index (χ3v) is 7.24. The van der Waals surface area contributed by atoms with Gasteiger partial charge in [-0.2, -0.15) is 0 Å². The summed E-state index contributed by atoms with van der Waals surface area (Å²) in [4.78, 5) is 12.3. The number of rotatable bonds is 5. The van der Waals surface area contributed by atoms with Gasteiger partial charge >= 0.3 is 4.87 Å². The highest BCUT2D eigenvalue weighted by atomic mass is 35.5. The number of fused-ring (bicyclic) bond motifs is 1. The summed E-state index contributed by atoms with van der Waals surface area (Å²) < 4.78 is 43.2. The molecule has 0 unspecified atom stereocenters. The fourth-order valence-corrected chi connectivity index (χ4v) is 5.30. The second kappa shape index (κ2) is 8.03. The van der Waals surface area contributed by atoms with E-state index in [4.69, 9.17) is 23.2 Å². The first kappa shape index (κ1) is 20.9. The molecule has 5 nitrogen and oxygen atoms in total. The molecular formula is C20H13Cl2FN2O3S2. The predicted molar refractivity (Wildman–Crippen MR) is 119 cm³/mol. The van der Waals surface area contributed by atoms with E-state index in [0.29, 0.717) is 21.8 Å². The minimum atomic E-state index is -3.95. The largest absolute Gasteiger partial charge is 0.308 e. The van der Waals surface area contributed by atoms with E-state index in [-0.39, 0.29) is 20.5 Å². The Balaban J connectivity index is 1.67. The van der Waals surface area contributed by atoms with Gasteiger partial charge in [0.25, 0.3) is 10.0 Å². The first-order valence-electron chi connectivity index (χ1n) is 8.59. The maximum Gasteiger partial charge on any atom is 0.308 e. The monoisotopic (exact) mass is 482 g/mol. The second-order valence-corrected chi connectivity index (χ2v) is 9.96. The standard InChI is InChI=1S/C20H13Cl2FN2O3S2/c21-13-3-1-12(2-4-13)11-25-18-8-6-15(10-19(18)29-20(25)26)30(27,28)24-14-5-7-17(23)16(22)9-14/h1-10,24H,11H2. The van der Waals surface area contributed by atoms with E-state index in [0.717, 1.165) is 23.0 Å². The summed E-state index contributed by atoms with van der Waals surface area (Å²) in [5.74, 6) is -0.646. The maximum absolute atomic E-state index is 13.3. The predicted octanol–water partition coefficient (Wildman–Crippen LogP) is 5.36. The Morgan fingerprint density at radius 1 is 1.00 bits per heavy atom. The summed E-state index contributed by atoms with van der Waals surface area (Å²) in [6.07, 6.45) is 0. The Kier molecular flexibility index (Phi) is 5.59. The number of hydrogen-bond acceptors (Lipinski definition) is 4. The van der Waals surface area contributed by atoms with Crippen LogP contribution in [-0.4, -0.2) is 13.0 Å². The molecule has 0 radical (unpaired) electrons. The van der Waals surface area contributed by atoms with Crippen molar-refractivity contribution in [3.63, 3.8) is 0 Å². The Hall–Kier alpha value is -2.39. The van der Waals surface area contributed by atoms with E-state index in [1.807, 2.05) is 12.1 Å². The summed E-state index contributed by atoms with van der Waals surface area (Å²) in [6.45, 7) is 0.342. The molecule has 154 valence electrons. The van der Waals surface area contributed by atoms with Crippen molar-refractivity contribution in [2.45, 2.75) is 11.4 Å². The van der Waals surface area contributed by atoms with Crippen LogP contribution in [0.4, 0.5) is 10.1 Å². The molecule has 0 saturated heterocycles. The zero-order chi connectivity index (χ0) is 21.5. The van der Waals surface area contributed by atoms with Gasteiger partial charge in [0, 0.05) is 5.02 Å². The molecule has 0 saturated carbocycles. The molecular weight excluding hydrogens is 470 g/mol. The molecule has 3 aromatic carbocycles. The summed E-state index contributed by atoms with van der Waals surface area (Å²) >= 11 is 12.6. The number of thiazole rings is 1. The number of benzene rings is 3. The van der Waals surface area contributed by atoms with Gasteiger partial charge in [-0.05, 0) is 54.1 Å². The fraction of sp³-hybridized carbons (Fsp3) is 0.0500. The van der Waals surface area contributed by atoms with Gasteiger partial charge in [-0.1, -0.05) is 46.7 Å². The van der Waals surface area contributed by atoms with Gasteiger partial charge < -0.3 is 0 Å². The van der Waals surface area contributed by atoms with E-state index in [9.17, 15) is 17.6 Å². The third kappa shape index (κ3) is 4.22. The van der Waals surface area contributed by atoms with Crippen LogP contribution in [0.15, 0.2) is 70.4 Å². The van der Waals surface area contributed by atoms with Crippen LogP contribution in [0.2, 0.25) is 10.0 Å². The lowest BCUT2D eigenvalue weighted by Gasteiger charge is -2.09.